The molecule has 0 radical (unpaired) electrons. The van der Waals surface area contributed by atoms with Gasteiger partial charge in [-0.1, -0.05) is 0 Å². The average molecular weight is 282 g/mol. The van der Waals surface area contributed by atoms with Crippen molar-refractivity contribution in [3.05, 3.63) is 27.9 Å². The second-order valence-electron chi connectivity index (χ2n) is 4.31. The van der Waals surface area contributed by atoms with Gasteiger partial charge in [-0.15, -0.1) is 0 Å². The average Bonchev–Trinajstić information content (AvgIpc) is 2.97. The van der Waals surface area contributed by atoms with Crippen LogP contribution in [0.25, 0.3) is 0 Å². The van der Waals surface area contributed by atoms with Crippen molar-refractivity contribution in [2.75, 3.05) is 26.9 Å². The Morgan fingerprint density at radius 3 is 3.00 bits per heavy atom. The van der Waals surface area contributed by atoms with Gasteiger partial charge in [-0.3, -0.25) is 10.1 Å². The number of nitrogens with zero attached hydrogens (tertiary/aromatic N) is 2. The van der Waals surface area contributed by atoms with Crippen LogP contribution in [-0.4, -0.2) is 42.8 Å². The lowest BCUT2D eigenvalue weighted by molar-refractivity contribution is -0.386. The Labute approximate surface area is 114 Å². The zero-order chi connectivity index (χ0) is 14.5. The van der Waals surface area contributed by atoms with Gasteiger partial charge in [0.2, 0.25) is 0 Å². The molecule has 1 atom stereocenters. The van der Waals surface area contributed by atoms with Crippen LogP contribution in [0.4, 0.5) is 5.69 Å². The SMILES string of the molecule is COC(=O)c1ccc([N+](=O)[O-])c(OCC2CCOC2)n1. The third-order valence-electron chi connectivity index (χ3n) is 2.91. The predicted octanol–water partition coefficient (Wildman–Crippen LogP) is 1.19. The molecule has 8 heteroatoms. The molecule has 0 amide bonds. The van der Waals surface area contributed by atoms with Gasteiger partial charge in [0.1, 0.15) is 0 Å². The predicted molar refractivity (Wildman–Crippen MR) is 66.7 cm³/mol. The monoisotopic (exact) mass is 282 g/mol. The van der Waals surface area contributed by atoms with Crippen molar-refractivity contribution < 1.29 is 23.9 Å². The summed E-state index contributed by atoms with van der Waals surface area (Å²) in [5.41, 5.74) is -0.313. The largest absolute Gasteiger partial charge is 0.472 e. The molecule has 108 valence electrons. The number of aromatic nitrogens is 1. The number of hydrogen-bond acceptors (Lipinski definition) is 7. The zero-order valence-electron chi connectivity index (χ0n) is 10.9. The number of pyridine rings is 1. The molecule has 0 N–H and O–H groups in total. The number of carbonyl (C=O) groups excluding carboxylic acids is 1. The molecule has 1 saturated heterocycles. The lowest BCUT2D eigenvalue weighted by Gasteiger charge is -2.10. The van der Waals surface area contributed by atoms with E-state index in [0.717, 1.165) is 6.42 Å². The highest BCUT2D eigenvalue weighted by Crippen LogP contribution is 2.26. The Hall–Kier alpha value is -2.22. The molecule has 1 aliphatic heterocycles. The Morgan fingerprint density at radius 1 is 1.60 bits per heavy atom. The minimum Gasteiger partial charge on any atom is -0.472 e. The summed E-state index contributed by atoms with van der Waals surface area (Å²) in [5.74, 6) is -0.670. The Kier molecular flexibility index (Phi) is 4.46. The van der Waals surface area contributed by atoms with E-state index in [9.17, 15) is 14.9 Å². The molecule has 0 bridgehead atoms. The van der Waals surface area contributed by atoms with Crippen LogP contribution in [0.3, 0.4) is 0 Å². The summed E-state index contributed by atoms with van der Waals surface area (Å²) in [5, 5.41) is 10.9. The van der Waals surface area contributed by atoms with Gasteiger partial charge in [-0.05, 0) is 12.5 Å². The fourth-order valence-corrected chi connectivity index (χ4v) is 1.81. The Balaban J connectivity index is 2.17. The number of ether oxygens (including phenoxy) is 3. The minimum absolute atomic E-state index is 0.0317. The van der Waals surface area contributed by atoms with Crippen molar-refractivity contribution in [3.63, 3.8) is 0 Å². The van der Waals surface area contributed by atoms with Crippen LogP contribution in [0.2, 0.25) is 0 Å². The van der Waals surface area contributed by atoms with Crippen LogP contribution >= 0.6 is 0 Å². The summed E-state index contributed by atoms with van der Waals surface area (Å²) >= 11 is 0. The maximum atomic E-state index is 11.4. The molecular weight excluding hydrogens is 268 g/mol. The third-order valence-corrected chi connectivity index (χ3v) is 2.91. The first-order valence-electron chi connectivity index (χ1n) is 6.06. The quantitative estimate of drug-likeness (QED) is 0.454. The number of nitro groups is 1. The van der Waals surface area contributed by atoms with Crippen LogP contribution in [0.15, 0.2) is 12.1 Å². The number of esters is 1. The van der Waals surface area contributed by atoms with Crippen molar-refractivity contribution in [1.29, 1.82) is 0 Å². The number of hydrogen-bond donors (Lipinski definition) is 0. The van der Waals surface area contributed by atoms with E-state index in [1.54, 1.807) is 0 Å². The molecule has 0 spiro atoms. The minimum atomic E-state index is -0.672. The molecule has 1 aromatic heterocycles. The highest BCUT2D eigenvalue weighted by atomic mass is 16.6. The van der Waals surface area contributed by atoms with E-state index < -0.39 is 10.9 Å². The van der Waals surface area contributed by atoms with Gasteiger partial charge in [0.15, 0.2) is 5.69 Å². The molecular formula is C12H14N2O6. The molecule has 2 heterocycles. The van der Waals surface area contributed by atoms with Gasteiger partial charge in [-0.2, -0.15) is 0 Å². The summed E-state index contributed by atoms with van der Waals surface area (Å²) < 4.78 is 15.1. The number of rotatable bonds is 5. The molecule has 0 saturated carbocycles. The van der Waals surface area contributed by atoms with Gasteiger partial charge in [0, 0.05) is 18.6 Å². The van der Waals surface area contributed by atoms with Crippen molar-refractivity contribution in [1.82, 2.24) is 4.98 Å². The van der Waals surface area contributed by atoms with Crippen molar-refractivity contribution in [2.45, 2.75) is 6.42 Å². The first-order chi connectivity index (χ1) is 9.61. The normalized spacial score (nSPS) is 17.8. The van der Waals surface area contributed by atoms with Gasteiger partial charge >= 0.3 is 11.7 Å². The van der Waals surface area contributed by atoms with Crippen molar-refractivity contribution in [3.8, 4) is 5.88 Å². The van der Waals surface area contributed by atoms with Gasteiger partial charge in [0.05, 0.1) is 25.2 Å². The summed E-state index contributed by atoms with van der Waals surface area (Å²) in [6.45, 7) is 1.48. The second kappa shape index (κ2) is 6.29. The summed E-state index contributed by atoms with van der Waals surface area (Å²) in [7, 11) is 1.21. The first kappa shape index (κ1) is 14.2. The zero-order valence-corrected chi connectivity index (χ0v) is 10.9. The van der Waals surface area contributed by atoms with E-state index in [1.807, 2.05) is 0 Å². The first-order valence-corrected chi connectivity index (χ1v) is 6.06. The van der Waals surface area contributed by atoms with Gasteiger partial charge < -0.3 is 14.2 Å². The van der Waals surface area contributed by atoms with E-state index in [1.165, 1.54) is 19.2 Å². The van der Waals surface area contributed by atoms with Crippen LogP contribution in [0.1, 0.15) is 16.9 Å². The fraction of sp³-hybridized carbons (Fsp3) is 0.500. The third kappa shape index (κ3) is 3.21. The van der Waals surface area contributed by atoms with E-state index in [2.05, 4.69) is 9.72 Å². The molecule has 8 nitrogen and oxygen atoms in total. The van der Waals surface area contributed by atoms with Crippen molar-refractivity contribution in [2.24, 2.45) is 5.92 Å². The molecule has 0 aliphatic carbocycles. The van der Waals surface area contributed by atoms with Crippen LogP contribution in [0.5, 0.6) is 5.88 Å². The summed E-state index contributed by atoms with van der Waals surface area (Å²) in [6, 6.07) is 2.41. The smallest absolute Gasteiger partial charge is 0.356 e. The maximum absolute atomic E-state index is 11.4. The van der Waals surface area contributed by atoms with Crippen LogP contribution in [-0.2, 0) is 9.47 Å². The molecule has 1 aliphatic rings. The van der Waals surface area contributed by atoms with Crippen LogP contribution in [0, 0.1) is 16.0 Å². The highest BCUT2D eigenvalue weighted by molar-refractivity contribution is 5.87. The van der Waals surface area contributed by atoms with Crippen molar-refractivity contribution >= 4 is 11.7 Å². The van der Waals surface area contributed by atoms with E-state index >= 15 is 0 Å². The van der Waals surface area contributed by atoms with Gasteiger partial charge in [0.25, 0.3) is 5.88 Å². The van der Waals surface area contributed by atoms with Crippen LogP contribution < -0.4 is 4.74 Å². The standard InChI is InChI=1S/C12H14N2O6/c1-18-12(15)9-2-3-10(14(16)17)11(13-9)20-7-8-4-5-19-6-8/h2-3,8H,4-7H2,1H3. The number of methoxy groups -OCH3 is 1. The number of carbonyl (C=O) groups is 1. The highest BCUT2D eigenvalue weighted by Gasteiger charge is 2.23. The van der Waals surface area contributed by atoms with Gasteiger partial charge in [-0.25, -0.2) is 9.78 Å². The van der Waals surface area contributed by atoms with E-state index in [4.69, 9.17) is 9.47 Å². The fourth-order valence-electron chi connectivity index (χ4n) is 1.81. The molecule has 1 aromatic rings. The lowest BCUT2D eigenvalue weighted by Crippen LogP contribution is -2.14. The topological polar surface area (TPSA) is 101 Å². The summed E-state index contributed by atoms with van der Waals surface area (Å²) in [6.07, 6.45) is 0.838. The molecule has 1 fully saturated rings. The lowest BCUT2D eigenvalue weighted by atomic mass is 10.1. The second-order valence-corrected chi connectivity index (χ2v) is 4.31. The maximum Gasteiger partial charge on any atom is 0.356 e. The van der Waals surface area contributed by atoms with E-state index in [0.29, 0.717) is 13.2 Å². The Bertz CT molecular complexity index is 513. The molecule has 1 unspecified atom stereocenters. The Morgan fingerprint density at radius 2 is 2.40 bits per heavy atom. The van der Waals surface area contributed by atoms with E-state index in [-0.39, 0.29) is 29.8 Å². The molecule has 0 aromatic carbocycles. The summed E-state index contributed by atoms with van der Waals surface area (Å²) in [4.78, 5) is 25.5. The molecule has 20 heavy (non-hydrogen) atoms. The molecule has 2 rings (SSSR count).